The highest BCUT2D eigenvalue weighted by Gasteiger charge is 2.14. The summed E-state index contributed by atoms with van der Waals surface area (Å²) in [6.07, 6.45) is 4.25. The van der Waals surface area contributed by atoms with Gasteiger partial charge in [-0.25, -0.2) is 0 Å². The highest BCUT2D eigenvalue weighted by molar-refractivity contribution is 6.31. The first-order valence-electron chi connectivity index (χ1n) is 8.54. The van der Waals surface area contributed by atoms with Crippen LogP contribution in [0.1, 0.15) is 21.6 Å². The third-order valence-electron chi connectivity index (χ3n) is 4.16. The minimum Gasteiger partial charge on any atom is -0.340 e. The van der Waals surface area contributed by atoms with Crippen LogP contribution in [-0.2, 0) is 6.42 Å². The van der Waals surface area contributed by atoms with E-state index in [0.29, 0.717) is 23.1 Å². The van der Waals surface area contributed by atoms with Crippen LogP contribution in [0.4, 0.5) is 11.5 Å². The molecule has 0 bridgehead atoms. The Morgan fingerprint density at radius 2 is 1.89 bits per heavy atom. The van der Waals surface area contributed by atoms with Gasteiger partial charge in [-0.15, -0.1) is 10.2 Å². The van der Waals surface area contributed by atoms with Crippen molar-refractivity contribution in [2.75, 3.05) is 18.9 Å². The van der Waals surface area contributed by atoms with Crippen molar-refractivity contribution in [1.29, 1.82) is 0 Å². The first kappa shape index (κ1) is 18.8. The Bertz CT molecular complexity index is 915. The molecule has 0 spiro atoms. The predicted octanol–water partition coefficient (Wildman–Crippen LogP) is 3.89. The van der Waals surface area contributed by atoms with Crippen LogP contribution in [0.2, 0.25) is 5.02 Å². The monoisotopic (exact) mass is 381 g/mol. The maximum absolute atomic E-state index is 12.5. The summed E-state index contributed by atoms with van der Waals surface area (Å²) in [5.74, 6) is 0.382. The summed E-state index contributed by atoms with van der Waals surface area (Å²) in [6.45, 7) is 2.53. The lowest BCUT2D eigenvalue weighted by molar-refractivity contribution is 0.0789. The summed E-state index contributed by atoms with van der Waals surface area (Å²) in [4.78, 5) is 18.1. The van der Waals surface area contributed by atoms with E-state index in [-0.39, 0.29) is 5.91 Å². The van der Waals surface area contributed by atoms with Crippen LogP contribution in [0.3, 0.4) is 0 Å². The summed E-state index contributed by atoms with van der Waals surface area (Å²) < 4.78 is 0. The Hall–Kier alpha value is -2.99. The molecule has 0 fully saturated rings. The Kier molecular flexibility index (Phi) is 5.98. The molecular formula is C20H20ClN5O. The number of carbonyl (C=O) groups excluding carboxylic acids is 1. The first-order valence-corrected chi connectivity index (χ1v) is 8.92. The van der Waals surface area contributed by atoms with Crippen molar-refractivity contribution in [2.24, 2.45) is 0 Å². The fraction of sp³-hybridized carbons (Fsp3) is 0.200. The van der Waals surface area contributed by atoms with E-state index < -0.39 is 0 Å². The van der Waals surface area contributed by atoms with Gasteiger partial charge < -0.3 is 10.2 Å². The molecule has 0 aliphatic carbocycles. The van der Waals surface area contributed by atoms with E-state index in [1.807, 2.05) is 37.3 Å². The van der Waals surface area contributed by atoms with Gasteiger partial charge in [0.25, 0.3) is 5.91 Å². The highest BCUT2D eigenvalue weighted by Crippen LogP contribution is 2.22. The number of hydrogen-bond donors (Lipinski definition) is 1. The molecule has 1 aromatic carbocycles. The molecule has 0 saturated carbocycles. The van der Waals surface area contributed by atoms with Crippen molar-refractivity contribution in [3.05, 3.63) is 76.7 Å². The van der Waals surface area contributed by atoms with Crippen LogP contribution in [-0.4, -0.2) is 39.6 Å². The standard InChI is InChI=1S/C20H20ClN5O/c1-14-3-4-16(13-17(14)21)23-19-6-5-18(24-25-19)20(27)26(2)12-9-15-7-10-22-11-8-15/h3-8,10-11,13H,9,12H2,1-2H3,(H,23,25). The second-order valence-electron chi connectivity index (χ2n) is 6.22. The van der Waals surface area contributed by atoms with E-state index in [4.69, 9.17) is 11.6 Å². The first-order chi connectivity index (χ1) is 13.0. The highest BCUT2D eigenvalue weighted by atomic mass is 35.5. The third-order valence-corrected chi connectivity index (χ3v) is 4.57. The quantitative estimate of drug-likeness (QED) is 0.701. The van der Waals surface area contributed by atoms with Crippen molar-refractivity contribution in [3.63, 3.8) is 0 Å². The van der Waals surface area contributed by atoms with Crippen LogP contribution in [0.15, 0.2) is 54.9 Å². The van der Waals surface area contributed by atoms with E-state index in [1.165, 1.54) is 0 Å². The molecule has 3 aromatic rings. The maximum atomic E-state index is 12.5. The molecule has 2 heterocycles. The molecule has 0 radical (unpaired) electrons. The molecule has 27 heavy (non-hydrogen) atoms. The molecule has 0 unspecified atom stereocenters. The number of pyridine rings is 1. The fourth-order valence-corrected chi connectivity index (χ4v) is 2.66. The van der Waals surface area contributed by atoms with Gasteiger partial charge in [0.1, 0.15) is 0 Å². The SMILES string of the molecule is Cc1ccc(Nc2ccc(C(=O)N(C)CCc3ccncc3)nn2)cc1Cl. The summed E-state index contributed by atoms with van der Waals surface area (Å²) >= 11 is 6.13. The smallest absolute Gasteiger partial charge is 0.274 e. The van der Waals surface area contributed by atoms with Crippen molar-refractivity contribution in [3.8, 4) is 0 Å². The average molecular weight is 382 g/mol. The van der Waals surface area contributed by atoms with Gasteiger partial charge in [-0.1, -0.05) is 17.7 Å². The topological polar surface area (TPSA) is 71.0 Å². The fourth-order valence-electron chi connectivity index (χ4n) is 2.47. The zero-order valence-electron chi connectivity index (χ0n) is 15.2. The van der Waals surface area contributed by atoms with Gasteiger partial charge in [-0.05, 0) is 60.9 Å². The summed E-state index contributed by atoms with van der Waals surface area (Å²) in [6, 6.07) is 12.9. The molecule has 2 aromatic heterocycles. The lowest BCUT2D eigenvalue weighted by Gasteiger charge is -2.16. The largest absolute Gasteiger partial charge is 0.340 e. The Morgan fingerprint density at radius 3 is 2.56 bits per heavy atom. The number of halogens is 1. The van der Waals surface area contributed by atoms with Gasteiger partial charge in [0.05, 0.1) is 0 Å². The van der Waals surface area contributed by atoms with Crippen molar-refractivity contribution >= 4 is 29.0 Å². The number of nitrogens with one attached hydrogen (secondary N) is 1. The molecule has 138 valence electrons. The molecule has 1 amide bonds. The number of nitrogens with zero attached hydrogens (tertiary/aromatic N) is 4. The Balaban J connectivity index is 1.60. The van der Waals surface area contributed by atoms with Crippen molar-refractivity contribution in [2.45, 2.75) is 13.3 Å². The minimum absolute atomic E-state index is 0.165. The van der Waals surface area contributed by atoms with Crippen molar-refractivity contribution < 1.29 is 4.79 Å². The van der Waals surface area contributed by atoms with Gasteiger partial charge in [-0.2, -0.15) is 0 Å². The molecular weight excluding hydrogens is 362 g/mol. The molecule has 0 atom stereocenters. The van der Waals surface area contributed by atoms with Gasteiger partial charge in [0.15, 0.2) is 11.5 Å². The van der Waals surface area contributed by atoms with Crippen LogP contribution < -0.4 is 5.32 Å². The minimum atomic E-state index is -0.165. The molecule has 3 rings (SSSR count). The third kappa shape index (κ3) is 5.01. The average Bonchev–Trinajstić information content (AvgIpc) is 2.70. The zero-order valence-corrected chi connectivity index (χ0v) is 15.9. The lowest BCUT2D eigenvalue weighted by atomic mass is 10.2. The van der Waals surface area contributed by atoms with Crippen LogP contribution in [0.25, 0.3) is 0 Å². The second kappa shape index (κ2) is 8.60. The lowest BCUT2D eigenvalue weighted by Crippen LogP contribution is -2.29. The van der Waals surface area contributed by atoms with Gasteiger partial charge in [0.2, 0.25) is 0 Å². The van der Waals surface area contributed by atoms with Gasteiger partial charge >= 0.3 is 0 Å². The molecule has 1 N–H and O–H groups in total. The number of anilines is 2. The molecule has 0 aliphatic rings. The number of carbonyl (C=O) groups is 1. The Morgan fingerprint density at radius 1 is 1.11 bits per heavy atom. The number of benzene rings is 1. The molecule has 6 nitrogen and oxygen atoms in total. The zero-order chi connectivity index (χ0) is 19.2. The molecule has 7 heteroatoms. The van der Waals surface area contributed by atoms with E-state index in [9.17, 15) is 4.79 Å². The van der Waals surface area contributed by atoms with E-state index in [2.05, 4.69) is 20.5 Å². The van der Waals surface area contributed by atoms with E-state index >= 15 is 0 Å². The van der Waals surface area contributed by atoms with Gasteiger partial charge in [-0.3, -0.25) is 9.78 Å². The number of likely N-dealkylation sites (N-methyl/N-ethyl adjacent to an activating group) is 1. The second-order valence-corrected chi connectivity index (χ2v) is 6.63. The van der Waals surface area contributed by atoms with E-state index in [1.54, 1.807) is 36.5 Å². The van der Waals surface area contributed by atoms with Crippen molar-refractivity contribution in [1.82, 2.24) is 20.1 Å². The summed E-state index contributed by atoms with van der Waals surface area (Å²) in [5, 5.41) is 11.9. The molecule has 0 aliphatic heterocycles. The molecule has 0 saturated heterocycles. The summed E-state index contributed by atoms with van der Waals surface area (Å²) in [5.41, 5.74) is 3.25. The van der Waals surface area contributed by atoms with Crippen LogP contribution in [0, 0.1) is 6.92 Å². The van der Waals surface area contributed by atoms with Gasteiger partial charge in [0, 0.05) is 36.7 Å². The number of hydrogen-bond acceptors (Lipinski definition) is 5. The van der Waals surface area contributed by atoms with E-state index in [0.717, 1.165) is 23.2 Å². The number of rotatable bonds is 6. The number of amides is 1. The van der Waals surface area contributed by atoms with Crippen LogP contribution in [0.5, 0.6) is 0 Å². The summed E-state index contributed by atoms with van der Waals surface area (Å²) in [7, 11) is 1.76. The Labute approximate surface area is 163 Å². The predicted molar refractivity (Wildman–Crippen MR) is 106 cm³/mol. The maximum Gasteiger partial charge on any atom is 0.274 e. The normalized spacial score (nSPS) is 10.5. The number of aromatic nitrogens is 3. The number of aryl methyl sites for hydroxylation is 1. The van der Waals surface area contributed by atoms with Crippen LogP contribution >= 0.6 is 11.6 Å².